The minimum absolute atomic E-state index is 0.115. The van der Waals surface area contributed by atoms with Gasteiger partial charge in [-0.25, -0.2) is 0 Å². The Bertz CT molecular complexity index is 1120. The zero-order chi connectivity index (χ0) is 21.3. The van der Waals surface area contributed by atoms with Gasteiger partial charge in [0, 0.05) is 22.0 Å². The smallest absolute Gasteiger partial charge is 0.223 e. The largest absolute Gasteiger partial charge is 0.313 e. The van der Waals surface area contributed by atoms with E-state index in [0.717, 1.165) is 22.3 Å². The molecule has 0 spiro atoms. The lowest BCUT2D eigenvalue weighted by Gasteiger charge is -2.17. The van der Waals surface area contributed by atoms with Gasteiger partial charge in [0.05, 0.1) is 0 Å². The standard InChI is InChI=1S/C25H25O3P/c1-15-10-9-11-16(2)21(15)25(27)29(28)24-18(4)14-17(3)22(19(24)5)23(26)20-12-7-6-8-13-20/h6-14,29H,1-5H3. The first-order chi connectivity index (χ1) is 13.7. The second-order valence-electron chi connectivity index (χ2n) is 7.51. The molecule has 0 saturated heterocycles. The van der Waals surface area contributed by atoms with E-state index in [1.807, 2.05) is 70.2 Å². The highest BCUT2D eigenvalue weighted by Gasteiger charge is 2.26. The van der Waals surface area contributed by atoms with E-state index in [0.29, 0.717) is 27.6 Å². The van der Waals surface area contributed by atoms with E-state index in [-0.39, 0.29) is 11.3 Å². The lowest BCUT2D eigenvalue weighted by atomic mass is 9.93. The van der Waals surface area contributed by atoms with Gasteiger partial charge < -0.3 is 4.57 Å². The second-order valence-corrected chi connectivity index (χ2v) is 9.12. The second kappa shape index (κ2) is 8.31. The number of hydrogen-bond acceptors (Lipinski definition) is 3. The summed E-state index contributed by atoms with van der Waals surface area (Å²) in [7, 11) is -2.80. The number of ketones is 1. The maximum atomic E-state index is 13.4. The molecule has 0 N–H and O–H groups in total. The van der Waals surface area contributed by atoms with Crippen LogP contribution in [0.4, 0.5) is 0 Å². The van der Waals surface area contributed by atoms with Gasteiger partial charge in [-0.2, -0.15) is 0 Å². The van der Waals surface area contributed by atoms with Crippen molar-refractivity contribution < 1.29 is 14.2 Å². The van der Waals surface area contributed by atoms with Crippen LogP contribution in [0.15, 0.2) is 54.6 Å². The number of benzene rings is 3. The Labute approximate surface area is 172 Å². The van der Waals surface area contributed by atoms with Crippen LogP contribution < -0.4 is 5.30 Å². The number of aryl methyl sites for hydroxylation is 4. The van der Waals surface area contributed by atoms with E-state index in [1.54, 1.807) is 19.1 Å². The van der Waals surface area contributed by atoms with Gasteiger partial charge in [0.25, 0.3) is 0 Å². The quantitative estimate of drug-likeness (QED) is 0.418. The molecule has 3 nitrogen and oxygen atoms in total. The molecule has 29 heavy (non-hydrogen) atoms. The SMILES string of the molecule is Cc1cccc(C)c1C(=O)[PH](=O)c1c(C)cc(C)c(C(=O)c2ccccc2)c1C. The minimum atomic E-state index is -2.80. The maximum Gasteiger partial charge on any atom is 0.223 e. The molecular weight excluding hydrogens is 379 g/mol. The van der Waals surface area contributed by atoms with Crippen LogP contribution in [0.5, 0.6) is 0 Å². The van der Waals surface area contributed by atoms with Gasteiger partial charge in [-0.15, -0.1) is 0 Å². The first-order valence-corrected chi connectivity index (χ1v) is 11.0. The van der Waals surface area contributed by atoms with Gasteiger partial charge in [-0.05, 0) is 62.4 Å². The fourth-order valence-corrected chi connectivity index (χ4v) is 5.76. The summed E-state index contributed by atoms with van der Waals surface area (Å²) in [6.45, 7) is 9.24. The van der Waals surface area contributed by atoms with E-state index in [2.05, 4.69) is 0 Å². The predicted molar refractivity (Wildman–Crippen MR) is 119 cm³/mol. The summed E-state index contributed by atoms with van der Waals surface area (Å²) >= 11 is 0. The summed E-state index contributed by atoms with van der Waals surface area (Å²) < 4.78 is 13.4. The molecule has 3 aromatic carbocycles. The predicted octanol–water partition coefficient (Wildman–Crippen LogP) is 5.49. The summed E-state index contributed by atoms with van der Waals surface area (Å²) in [6.07, 6.45) is 0. The normalized spacial score (nSPS) is 11.9. The van der Waals surface area contributed by atoms with Gasteiger partial charge in [0.15, 0.2) is 13.6 Å². The fourth-order valence-electron chi connectivity index (χ4n) is 4.02. The Morgan fingerprint density at radius 2 is 1.28 bits per heavy atom. The third-order valence-electron chi connectivity index (χ3n) is 5.38. The summed E-state index contributed by atoms with van der Waals surface area (Å²) in [6, 6.07) is 16.5. The van der Waals surface area contributed by atoms with Crippen LogP contribution in [0, 0.1) is 34.6 Å². The van der Waals surface area contributed by atoms with Crippen molar-refractivity contribution in [1.29, 1.82) is 0 Å². The molecule has 0 heterocycles. The molecule has 0 aliphatic carbocycles. The van der Waals surface area contributed by atoms with E-state index < -0.39 is 7.80 Å². The molecule has 0 fully saturated rings. The van der Waals surface area contributed by atoms with E-state index in [1.165, 1.54) is 0 Å². The monoisotopic (exact) mass is 404 g/mol. The van der Waals surface area contributed by atoms with Crippen LogP contribution in [0.2, 0.25) is 0 Å². The van der Waals surface area contributed by atoms with Crippen molar-refractivity contribution in [1.82, 2.24) is 0 Å². The Morgan fingerprint density at radius 1 is 0.690 bits per heavy atom. The van der Waals surface area contributed by atoms with E-state index in [9.17, 15) is 14.2 Å². The molecule has 0 aliphatic heterocycles. The number of carbonyl (C=O) groups is 2. The molecule has 0 aromatic heterocycles. The highest BCUT2D eigenvalue weighted by Crippen LogP contribution is 2.34. The van der Waals surface area contributed by atoms with Gasteiger partial charge in [-0.3, -0.25) is 9.59 Å². The third kappa shape index (κ3) is 3.88. The summed E-state index contributed by atoms with van der Waals surface area (Å²) in [5, 5.41) is 0.507. The van der Waals surface area contributed by atoms with Crippen LogP contribution in [0.3, 0.4) is 0 Å². The minimum Gasteiger partial charge on any atom is -0.313 e. The number of rotatable bonds is 5. The molecule has 0 amide bonds. The lowest BCUT2D eigenvalue weighted by Crippen LogP contribution is -2.19. The average Bonchev–Trinajstić information content (AvgIpc) is 2.67. The van der Waals surface area contributed by atoms with Crippen LogP contribution in [0.1, 0.15) is 54.1 Å². The molecule has 1 atom stereocenters. The van der Waals surface area contributed by atoms with Crippen molar-refractivity contribution in [3.05, 3.63) is 99.1 Å². The Morgan fingerprint density at radius 3 is 1.86 bits per heavy atom. The van der Waals surface area contributed by atoms with E-state index in [4.69, 9.17) is 0 Å². The highest BCUT2D eigenvalue weighted by atomic mass is 31.1. The first kappa shape index (κ1) is 21.0. The summed E-state index contributed by atoms with van der Waals surface area (Å²) in [5.41, 5.74) is 5.16. The Kier molecular flexibility index (Phi) is 6.00. The first-order valence-electron chi connectivity index (χ1n) is 9.59. The van der Waals surface area contributed by atoms with Crippen molar-refractivity contribution in [2.24, 2.45) is 0 Å². The van der Waals surface area contributed by atoms with Crippen molar-refractivity contribution >= 4 is 24.4 Å². The van der Waals surface area contributed by atoms with Crippen LogP contribution >= 0.6 is 7.80 Å². The molecule has 4 heteroatoms. The van der Waals surface area contributed by atoms with Gasteiger partial charge in [-0.1, -0.05) is 54.6 Å². The molecule has 0 bridgehead atoms. The molecular formula is C25H25O3P. The zero-order valence-corrected chi connectivity index (χ0v) is 18.4. The fraction of sp³-hybridized carbons (Fsp3) is 0.200. The third-order valence-corrected chi connectivity index (χ3v) is 7.26. The number of hydrogen-bond donors (Lipinski definition) is 0. The zero-order valence-electron chi connectivity index (χ0n) is 17.4. The van der Waals surface area contributed by atoms with Crippen LogP contribution in [0.25, 0.3) is 0 Å². The van der Waals surface area contributed by atoms with Crippen molar-refractivity contribution in [3.63, 3.8) is 0 Å². The van der Waals surface area contributed by atoms with Crippen LogP contribution in [-0.4, -0.2) is 11.3 Å². The molecule has 0 aliphatic rings. The molecule has 0 saturated carbocycles. The van der Waals surface area contributed by atoms with E-state index >= 15 is 0 Å². The highest BCUT2D eigenvalue weighted by molar-refractivity contribution is 7.71. The molecule has 1 unspecified atom stereocenters. The molecule has 3 aromatic rings. The summed E-state index contributed by atoms with van der Waals surface area (Å²) in [4.78, 5) is 26.3. The van der Waals surface area contributed by atoms with Crippen molar-refractivity contribution in [2.75, 3.05) is 0 Å². The Balaban J connectivity index is 2.14. The van der Waals surface area contributed by atoms with Gasteiger partial charge in [0.1, 0.15) is 0 Å². The van der Waals surface area contributed by atoms with Crippen molar-refractivity contribution in [2.45, 2.75) is 34.6 Å². The lowest BCUT2D eigenvalue weighted by molar-refractivity contribution is 0.103. The van der Waals surface area contributed by atoms with Crippen LogP contribution in [-0.2, 0) is 4.57 Å². The van der Waals surface area contributed by atoms with Gasteiger partial charge >= 0.3 is 0 Å². The topological polar surface area (TPSA) is 51.2 Å². The maximum absolute atomic E-state index is 13.4. The average molecular weight is 404 g/mol. The molecule has 0 radical (unpaired) electrons. The van der Waals surface area contributed by atoms with Crippen molar-refractivity contribution in [3.8, 4) is 0 Å². The molecule has 148 valence electrons. The van der Waals surface area contributed by atoms with Gasteiger partial charge in [0.2, 0.25) is 5.52 Å². The molecule has 3 rings (SSSR count). The summed E-state index contributed by atoms with van der Waals surface area (Å²) in [5.74, 6) is -0.115. The Hall–Kier alpha value is -2.77. The number of carbonyl (C=O) groups excluding carboxylic acids is 2.